The molecule has 0 N–H and O–H groups in total. The van der Waals surface area contributed by atoms with Gasteiger partial charge in [0.1, 0.15) is 0 Å². The first kappa shape index (κ1) is 22.3. The molecule has 9 aliphatic rings. The summed E-state index contributed by atoms with van der Waals surface area (Å²) >= 11 is 15.7. The van der Waals surface area contributed by atoms with Crippen molar-refractivity contribution in [3.63, 3.8) is 0 Å². The van der Waals surface area contributed by atoms with Gasteiger partial charge in [-0.15, -0.1) is 23.2 Å². The summed E-state index contributed by atoms with van der Waals surface area (Å²) in [6.07, 6.45) is 6.24. The topological polar surface area (TPSA) is 0 Å². The van der Waals surface area contributed by atoms with Crippen LogP contribution in [0.2, 0.25) is 0 Å². The Morgan fingerprint density at radius 2 is 1.28 bits per heavy atom. The van der Waals surface area contributed by atoms with Crippen LogP contribution in [0.1, 0.15) is 94.4 Å². The van der Waals surface area contributed by atoms with Crippen LogP contribution < -0.4 is 0 Å². The van der Waals surface area contributed by atoms with Crippen LogP contribution in [-0.4, -0.2) is 10.3 Å². The second-order valence-corrected chi connectivity index (χ2v) is 15.3. The lowest BCUT2D eigenvalue weighted by Crippen LogP contribution is -2.69. The molecule has 2 heteroatoms. The minimum Gasteiger partial charge on any atom is -0.120 e. The van der Waals surface area contributed by atoms with Gasteiger partial charge in [-0.3, -0.25) is 0 Å². The number of allylic oxidation sites excluding steroid dienone is 6. The van der Waals surface area contributed by atoms with E-state index in [0.717, 1.165) is 18.3 Å². The van der Waals surface area contributed by atoms with Crippen molar-refractivity contribution in [2.75, 3.05) is 0 Å². The van der Waals surface area contributed by atoms with E-state index < -0.39 is 4.87 Å². The van der Waals surface area contributed by atoms with Gasteiger partial charge in [-0.25, -0.2) is 0 Å². The van der Waals surface area contributed by atoms with E-state index in [0.29, 0.717) is 22.7 Å². The van der Waals surface area contributed by atoms with Gasteiger partial charge in [-0.1, -0.05) is 75.0 Å². The second-order valence-electron chi connectivity index (χ2n) is 14.2. The maximum Gasteiger partial charge on any atom is 0.0920 e. The summed E-state index contributed by atoms with van der Waals surface area (Å²) in [5, 5.41) is -0.00288. The average molecular weight is 474 g/mol. The molecule has 6 bridgehead atoms. The number of hydrogen-bond acceptors (Lipinski definition) is 0. The zero-order valence-corrected chi connectivity index (χ0v) is 23.2. The number of rotatable bonds is 2. The summed E-state index contributed by atoms with van der Waals surface area (Å²) in [6.45, 7) is 22.0. The molecule has 0 saturated heterocycles. The van der Waals surface area contributed by atoms with E-state index in [1.165, 1.54) is 31.3 Å². The highest BCUT2D eigenvalue weighted by Crippen LogP contribution is 2.78. The Hall–Kier alpha value is -0.200. The van der Waals surface area contributed by atoms with Gasteiger partial charge in [0.15, 0.2) is 0 Å². The van der Waals surface area contributed by atoms with E-state index in [-0.39, 0.29) is 16.2 Å². The molecule has 7 unspecified atom stereocenters. The Morgan fingerprint density at radius 3 is 1.75 bits per heavy atom. The van der Waals surface area contributed by atoms with E-state index in [2.05, 4.69) is 62.3 Å². The van der Waals surface area contributed by atoms with Gasteiger partial charge in [0.25, 0.3) is 0 Å². The third kappa shape index (κ3) is 2.05. The summed E-state index contributed by atoms with van der Waals surface area (Å²) in [5.74, 6) is 2.55. The molecule has 3 saturated carbocycles. The maximum atomic E-state index is 8.12. The molecule has 0 aromatic carbocycles. The number of hydrogen-bond donors (Lipinski definition) is 0. The fraction of sp³-hybridized carbons (Fsp3) is 0.800. The molecule has 9 rings (SSSR count). The molecule has 0 radical (unpaired) electrons. The van der Waals surface area contributed by atoms with Gasteiger partial charge in [0.2, 0.25) is 0 Å². The first-order valence-electron chi connectivity index (χ1n) is 13.1. The number of alkyl halides is 2. The summed E-state index contributed by atoms with van der Waals surface area (Å²) < 4.78 is 0. The van der Waals surface area contributed by atoms with Crippen molar-refractivity contribution in [2.45, 2.75) is 105 Å². The van der Waals surface area contributed by atoms with Gasteiger partial charge >= 0.3 is 0 Å². The van der Waals surface area contributed by atoms with E-state index in [9.17, 15) is 0 Å². The molecule has 0 nitrogen and oxygen atoms in total. The van der Waals surface area contributed by atoms with Gasteiger partial charge < -0.3 is 0 Å². The number of halogens is 2. The zero-order valence-electron chi connectivity index (χ0n) is 21.7. The standard InChI is InChI=1S/C30H42Cl2/c1-15-20-10-18(26(20,4)5)11-21(15)29(14-19-12-22(16(29)2)27(19,6)7)30(32)17(3)23-13-24(25(30)31)28(23,8)9/h18-19,21,24-25H,10-14H2,1-9H3. The van der Waals surface area contributed by atoms with Crippen LogP contribution in [0, 0.1) is 45.3 Å². The molecule has 0 aliphatic heterocycles. The fourth-order valence-electron chi connectivity index (χ4n) is 10.1. The minimum atomic E-state index is -0.465. The van der Waals surface area contributed by atoms with Crippen LogP contribution in [0.15, 0.2) is 33.4 Å². The monoisotopic (exact) mass is 472 g/mol. The SMILES string of the molecule is CC1=C2CC(CC1C1(C3(Cl)C(C)=C4CC(C3Cl)C4(C)C)CC3CC(=C1C)C3(C)C)C2(C)C. The van der Waals surface area contributed by atoms with Gasteiger partial charge in [0, 0.05) is 5.41 Å². The largest absolute Gasteiger partial charge is 0.120 e. The van der Waals surface area contributed by atoms with Gasteiger partial charge in [-0.05, 0) is 92.8 Å². The Kier molecular flexibility index (Phi) is 4.14. The molecular formula is C30H42Cl2. The normalized spacial score (nSPS) is 49.4. The van der Waals surface area contributed by atoms with Crippen LogP contribution in [-0.2, 0) is 0 Å². The van der Waals surface area contributed by atoms with Crippen molar-refractivity contribution in [1.29, 1.82) is 0 Å². The van der Waals surface area contributed by atoms with Crippen molar-refractivity contribution in [3.05, 3.63) is 33.4 Å². The highest BCUT2D eigenvalue weighted by Gasteiger charge is 2.73. The summed E-state index contributed by atoms with van der Waals surface area (Å²) in [7, 11) is 0. The molecule has 176 valence electrons. The van der Waals surface area contributed by atoms with E-state index in [1.807, 2.05) is 0 Å². The summed E-state index contributed by atoms with van der Waals surface area (Å²) in [6, 6.07) is 0. The molecule has 7 atom stereocenters. The molecule has 0 aromatic heterocycles. The third-order valence-corrected chi connectivity index (χ3v) is 14.4. The van der Waals surface area contributed by atoms with Crippen LogP contribution in [0.4, 0.5) is 0 Å². The lowest BCUT2D eigenvalue weighted by Gasteiger charge is -2.72. The first-order valence-corrected chi connectivity index (χ1v) is 13.9. The fourth-order valence-corrected chi connectivity index (χ4v) is 11.5. The quantitative estimate of drug-likeness (QED) is 0.277. The summed E-state index contributed by atoms with van der Waals surface area (Å²) in [5.41, 5.74) is 10.6. The van der Waals surface area contributed by atoms with E-state index in [4.69, 9.17) is 23.2 Å². The lowest BCUT2D eigenvalue weighted by molar-refractivity contribution is -0.0306. The Labute approximate surface area is 206 Å². The Balaban J connectivity index is 1.62. The second kappa shape index (κ2) is 5.95. The third-order valence-electron chi connectivity index (χ3n) is 12.8. The van der Waals surface area contributed by atoms with Crippen LogP contribution >= 0.6 is 23.2 Å². The molecule has 0 spiro atoms. The highest BCUT2D eigenvalue weighted by atomic mass is 35.5. The van der Waals surface area contributed by atoms with E-state index >= 15 is 0 Å². The van der Waals surface area contributed by atoms with E-state index in [1.54, 1.807) is 27.9 Å². The lowest BCUT2D eigenvalue weighted by atomic mass is 9.35. The Morgan fingerprint density at radius 1 is 0.719 bits per heavy atom. The summed E-state index contributed by atoms with van der Waals surface area (Å²) in [4.78, 5) is -0.465. The zero-order chi connectivity index (χ0) is 23.4. The molecule has 32 heavy (non-hydrogen) atoms. The van der Waals surface area contributed by atoms with Crippen molar-refractivity contribution in [2.24, 2.45) is 45.3 Å². The molecule has 0 amide bonds. The van der Waals surface area contributed by atoms with Crippen LogP contribution in [0.25, 0.3) is 0 Å². The number of fused-ring (bicyclic) bond motifs is 8. The molecule has 0 aromatic rings. The predicted octanol–water partition coefficient (Wildman–Crippen LogP) is 9.08. The smallest absolute Gasteiger partial charge is 0.0920 e. The van der Waals surface area contributed by atoms with Crippen molar-refractivity contribution < 1.29 is 0 Å². The molecule has 3 fully saturated rings. The molecule has 0 heterocycles. The molecular weight excluding hydrogens is 431 g/mol. The minimum absolute atomic E-state index is 0.00288. The van der Waals surface area contributed by atoms with Crippen LogP contribution in [0.3, 0.4) is 0 Å². The van der Waals surface area contributed by atoms with Crippen LogP contribution in [0.5, 0.6) is 0 Å². The first-order chi connectivity index (χ1) is 14.6. The van der Waals surface area contributed by atoms with Crippen molar-refractivity contribution in [3.8, 4) is 0 Å². The highest BCUT2D eigenvalue weighted by molar-refractivity contribution is 6.35. The maximum absolute atomic E-state index is 8.12. The average Bonchev–Trinajstić information content (AvgIpc) is 2.70. The van der Waals surface area contributed by atoms with Gasteiger partial charge in [-0.2, -0.15) is 0 Å². The van der Waals surface area contributed by atoms with Crippen molar-refractivity contribution in [1.82, 2.24) is 0 Å². The van der Waals surface area contributed by atoms with Gasteiger partial charge in [0.05, 0.1) is 10.3 Å². The van der Waals surface area contributed by atoms with Crippen molar-refractivity contribution >= 4 is 23.2 Å². The molecule has 9 aliphatic carbocycles. The Bertz CT molecular complexity index is 1030. The predicted molar refractivity (Wildman–Crippen MR) is 137 cm³/mol.